The van der Waals surface area contributed by atoms with Gasteiger partial charge in [0.1, 0.15) is 10.6 Å². The number of sulfonamides is 2. The fourth-order valence-corrected chi connectivity index (χ4v) is 6.12. The number of nitrogens with two attached hydrogens (primary N) is 1. The van der Waals surface area contributed by atoms with Gasteiger partial charge < -0.3 is 4.74 Å². The Morgan fingerprint density at radius 1 is 1.19 bits per heavy atom. The molecule has 146 valence electrons. The van der Waals surface area contributed by atoms with Crippen molar-refractivity contribution in [2.24, 2.45) is 5.14 Å². The minimum absolute atomic E-state index is 0.0369. The van der Waals surface area contributed by atoms with Gasteiger partial charge in [-0.3, -0.25) is 4.31 Å². The molecule has 1 heterocycles. The third-order valence-electron chi connectivity index (χ3n) is 4.28. The second-order valence-corrected chi connectivity index (χ2v) is 10.5. The zero-order valence-corrected chi connectivity index (χ0v) is 17.9. The van der Waals surface area contributed by atoms with Gasteiger partial charge in [0.2, 0.25) is 10.0 Å². The van der Waals surface area contributed by atoms with E-state index >= 15 is 0 Å². The summed E-state index contributed by atoms with van der Waals surface area (Å²) in [5.74, 6) is 0.266. The molecule has 0 aliphatic carbocycles. The first-order valence-electron chi connectivity index (χ1n) is 8.18. The summed E-state index contributed by atoms with van der Waals surface area (Å²) in [6.45, 7) is 3.88. The number of hydrogen-bond donors (Lipinski definition) is 1. The zero-order chi connectivity index (χ0) is 20.0. The molecule has 2 N–H and O–H groups in total. The largest absolute Gasteiger partial charge is 0.492 e. The molecule has 0 fully saturated rings. The summed E-state index contributed by atoms with van der Waals surface area (Å²) in [7, 11) is -7.79. The molecule has 1 aliphatic rings. The van der Waals surface area contributed by atoms with E-state index in [1.165, 1.54) is 28.6 Å². The summed E-state index contributed by atoms with van der Waals surface area (Å²) in [4.78, 5) is 0.0131. The van der Waals surface area contributed by atoms with Crippen LogP contribution in [0.15, 0.2) is 50.7 Å². The lowest BCUT2D eigenvalue weighted by Gasteiger charge is -2.25. The van der Waals surface area contributed by atoms with E-state index in [4.69, 9.17) is 9.88 Å². The first-order valence-corrected chi connectivity index (χ1v) is 12.0. The Kier molecular flexibility index (Phi) is 5.28. The lowest BCUT2D eigenvalue weighted by molar-refractivity contribution is 0.331. The summed E-state index contributed by atoms with van der Waals surface area (Å²) in [6, 6.07) is 8.67. The Morgan fingerprint density at radius 2 is 1.89 bits per heavy atom. The van der Waals surface area contributed by atoms with Crippen LogP contribution in [0, 0.1) is 0 Å². The fraction of sp³-hybridized carbons (Fsp3) is 0.294. The molecule has 2 aromatic rings. The van der Waals surface area contributed by atoms with Crippen LogP contribution in [0.25, 0.3) is 0 Å². The monoisotopic (exact) mass is 474 g/mol. The Bertz CT molecular complexity index is 1100. The van der Waals surface area contributed by atoms with Gasteiger partial charge in [0.25, 0.3) is 10.0 Å². The Labute approximate surface area is 167 Å². The average molecular weight is 475 g/mol. The van der Waals surface area contributed by atoms with Crippen LogP contribution >= 0.6 is 15.9 Å². The van der Waals surface area contributed by atoms with Crippen LogP contribution < -0.4 is 14.2 Å². The van der Waals surface area contributed by atoms with E-state index in [9.17, 15) is 16.8 Å². The standard InChI is InChI=1S/C17H19BrN2O5S2/c1-3-25-16-7-4-13(18)10-17(16)27(23,24)20-11(2)8-12-9-14(26(19,21)22)5-6-15(12)20/h4-7,9-11H,3,8H2,1-2H3,(H2,19,21,22). The summed E-state index contributed by atoms with van der Waals surface area (Å²) < 4.78 is 57.4. The number of halogens is 1. The van der Waals surface area contributed by atoms with Crippen LogP contribution in [0.1, 0.15) is 19.4 Å². The molecule has 1 unspecified atom stereocenters. The summed E-state index contributed by atoms with van der Waals surface area (Å²) in [5.41, 5.74) is 1.06. The van der Waals surface area contributed by atoms with E-state index in [0.717, 1.165) is 0 Å². The van der Waals surface area contributed by atoms with Crippen molar-refractivity contribution < 1.29 is 21.6 Å². The normalized spacial score (nSPS) is 17.0. The quantitative estimate of drug-likeness (QED) is 0.716. The topological polar surface area (TPSA) is 107 Å². The second-order valence-electron chi connectivity index (χ2n) is 6.21. The van der Waals surface area contributed by atoms with E-state index in [-0.39, 0.29) is 21.6 Å². The molecule has 0 saturated heterocycles. The second kappa shape index (κ2) is 7.08. The molecule has 1 atom stereocenters. The van der Waals surface area contributed by atoms with Gasteiger partial charge in [-0.2, -0.15) is 0 Å². The lowest BCUT2D eigenvalue weighted by atomic mass is 10.1. The molecule has 2 aromatic carbocycles. The van der Waals surface area contributed by atoms with Gasteiger partial charge in [-0.25, -0.2) is 22.0 Å². The van der Waals surface area contributed by atoms with Crippen molar-refractivity contribution in [3.63, 3.8) is 0 Å². The fourth-order valence-electron chi connectivity index (χ4n) is 3.19. The maximum atomic E-state index is 13.4. The van der Waals surface area contributed by atoms with Gasteiger partial charge in [-0.1, -0.05) is 15.9 Å². The van der Waals surface area contributed by atoms with Crippen LogP contribution in [0.5, 0.6) is 5.75 Å². The molecule has 0 saturated carbocycles. The van der Waals surface area contributed by atoms with Gasteiger partial charge in [-0.05, 0) is 62.2 Å². The summed E-state index contributed by atoms with van der Waals surface area (Å²) >= 11 is 3.31. The molecule has 0 bridgehead atoms. The van der Waals surface area contributed by atoms with Crippen molar-refractivity contribution in [1.82, 2.24) is 0 Å². The number of anilines is 1. The van der Waals surface area contributed by atoms with E-state index in [0.29, 0.717) is 28.8 Å². The highest BCUT2D eigenvalue weighted by Crippen LogP contribution is 2.40. The molecule has 27 heavy (non-hydrogen) atoms. The minimum atomic E-state index is -3.93. The van der Waals surface area contributed by atoms with Crippen molar-refractivity contribution >= 4 is 41.7 Å². The molecule has 0 radical (unpaired) electrons. The highest BCUT2D eigenvalue weighted by molar-refractivity contribution is 9.10. The maximum absolute atomic E-state index is 13.4. The number of fused-ring (bicyclic) bond motifs is 1. The van der Waals surface area contributed by atoms with Crippen LogP contribution in [0.4, 0.5) is 5.69 Å². The van der Waals surface area contributed by atoms with Crippen molar-refractivity contribution in [3.05, 3.63) is 46.4 Å². The number of hydrogen-bond acceptors (Lipinski definition) is 5. The van der Waals surface area contributed by atoms with Crippen molar-refractivity contribution in [2.75, 3.05) is 10.9 Å². The van der Waals surface area contributed by atoms with Crippen molar-refractivity contribution in [3.8, 4) is 5.75 Å². The maximum Gasteiger partial charge on any atom is 0.268 e. The first kappa shape index (κ1) is 20.1. The highest BCUT2D eigenvalue weighted by atomic mass is 79.9. The van der Waals surface area contributed by atoms with E-state index < -0.39 is 20.0 Å². The number of ether oxygens (including phenoxy) is 1. The molecular formula is C17H19BrN2O5S2. The molecule has 0 amide bonds. The third kappa shape index (κ3) is 3.71. The SMILES string of the molecule is CCOc1ccc(Br)cc1S(=O)(=O)N1c2ccc(S(N)(=O)=O)cc2CC1C. The molecule has 1 aliphatic heterocycles. The molecule has 0 aromatic heterocycles. The smallest absolute Gasteiger partial charge is 0.268 e. The summed E-state index contributed by atoms with van der Waals surface area (Å²) in [6.07, 6.45) is 0.385. The predicted molar refractivity (Wildman–Crippen MR) is 106 cm³/mol. The van der Waals surface area contributed by atoms with Gasteiger partial charge >= 0.3 is 0 Å². The Balaban J connectivity index is 2.14. The summed E-state index contributed by atoms with van der Waals surface area (Å²) in [5, 5.41) is 5.19. The Hall–Kier alpha value is -1.62. The third-order valence-corrected chi connectivity index (χ3v) is 7.63. The zero-order valence-electron chi connectivity index (χ0n) is 14.7. The van der Waals surface area contributed by atoms with Gasteiger partial charge in [0.15, 0.2) is 0 Å². The molecule has 10 heteroatoms. The number of benzene rings is 2. The molecule has 3 rings (SSSR count). The number of primary sulfonamides is 1. The number of nitrogens with zero attached hydrogens (tertiary/aromatic N) is 1. The van der Waals surface area contributed by atoms with Crippen molar-refractivity contribution in [1.29, 1.82) is 0 Å². The molecular weight excluding hydrogens is 456 g/mol. The Morgan fingerprint density at radius 3 is 2.52 bits per heavy atom. The van der Waals surface area contributed by atoms with Gasteiger partial charge in [0, 0.05) is 10.5 Å². The predicted octanol–water partition coefficient (Wildman–Crippen LogP) is 2.64. The molecule has 7 nitrogen and oxygen atoms in total. The number of rotatable bonds is 5. The van der Waals surface area contributed by atoms with Gasteiger partial charge in [-0.15, -0.1) is 0 Å². The van der Waals surface area contributed by atoms with Crippen LogP contribution in [0.2, 0.25) is 0 Å². The van der Waals surface area contributed by atoms with Crippen molar-refractivity contribution in [2.45, 2.75) is 36.1 Å². The van der Waals surface area contributed by atoms with E-state index in [1.807, 2.05) is 0 Å². The van der Waals surface area contributed by atoms with Crippen LogP contribution in [-0.2, 0) is 26.5 Å². The van der Waals surface area contributed by atoms with Crippen LogP contribution in [0.3, 0.4) is 0 Å². The van der Waals surface area contributed by atoms with Gasteiger partial charge in [0.05, 0.1) is 17.2 Å². The average Bonchev–Trinajstić information content (AvgIpc) is 2.91. The molecule has 0 spiro atoms. The first-order chi connectivity index (χ1) is 12.6. The van der Waals surface area contributed by atoms with Crippen LogP contribution in [-0.4, -0.2) is 29.5 Å². The minimum Gasteiger partial charge on any atom is -0.492 e. The highest BCUT2D eigenvalue weighted by Gasteiger charge is 2.38. The lowest BCUT2D eigenvalue weighted by Crippen LogP contribution is -2.36. The van der Waals surface area contributed by atoms with E-state index in [1.54, 1.807) is 26.0 Å². The van der Waals surface area contributed by atoms with E-state index in [2.05, 4.69) is 15.9 Å².